The molecule has 182 valence electrons. The molecule has 0 atom stereocenters. The molecule has 0 fully saturated rings. The number of hydrogen-bond donors (Lipinski definition) is 0. The number of pyridine rings is 1. The lowest BCUT2D eigenvalue weighted by molar-refractivity contribution is 1.23. The molecule has 8 rings (SSSR count). The van der Waals surface area contributed by atoms with E-state index in [2.05, 4.69) is 103 Å². The second-order valence-corrected chi connectivity index (χ2v) is 10.7. The van der Waals surface area contributed by atoms with Gasteiger partial charge in [0.1, 0.15) is 5.52 Å². The molecule has 0 saturated heterocycles. The van der Waals surface area contributed by atoms with Gasteiger partial charge in [-0.25, -0.2) is 15.0 Å². The molecule has 0 spiro atoms. The van der Waals surface area contributed by atoms with Gasteiger partial charge in [0.05, 0.1) is 16.9 Å². The molecule has 0 bridgehead atoms. The lowest BCUT2D eigenvalue weighted by atomic mass is 10.0. The van der Waals surface area contributed by atoms with Crippen molar-refractivity contribution < 1.29 is 0 Å². The van der Waals surface area contributed by atoms with Crippen LogP contribution >= 0.6 is 11.3 Å². The van der Waals surface area contributed by atoms with Crippen molar-refractivity contribution in [3.05, 3.63) is 127 Å². The first-order valence-corrected chi connectivity index (χ1v) is 13.8. The second-order valence-electron chi connectivity index (χ2n) is 9.64. The molecule has 39 heavy (non-hydrogen) atoms. The van der Waals surface area contributed by atoms with Crippen molar-refractivity contribution in [3.8, 4) is 33.9 Å². The summed E-state index contributed by atoms with van der Waals surface area (Å²) in [6, 6.07) is 44.2. The summed E-state index contributed by atoms with van der Waals surface area (Å²) in [5.74, 6) is 0.702. The number of rotatable bonds is 3. The summed E-state index contributed by atoms with van der Waals surface area (Å²) in [7, 11) is 0. The fraction of sp³-hybridized carbons (Fsp3) is 0. The molecule has 0 amide bonds. The number of fused-ring (bicyclic) bond motifs is 6. The first kappa shape index (κ1) is 22.1. The molecule has 3 aromatic heterocycles. The summed E-state index contributed by atoms with van der Waals surface area (Å²) in [6.45, 7) is 0. The number of hydrogen-bond acceptors (Lipinski definition) is 4. The van der Waals surface area contributed by atoms with Crippen LogP contribution in [0.25, 0.3) is 75.9 Å². The molecule has 0 saturated carbocycles. The summed E-state index contributed by atoms with van der Waals surface area (Å²) in [5.41, 5.74) is 6.82. The minimum absolute atomic E-state index is 0.702. The molecule has 0 aliphatic heterocycles. The minimum Gasteiger partial charge on any atom is -0.245 e. The van der Waals surface area contributed by atoms with E-state index in [0.29, 0.717) is 5.82 Å². The maximum absolute atomic E-state index is 5.28. The average molecular weight is 516 g/mol. The van der Waals surface area contributed by atoms with Gasteiger partial charge in [-0.2, -0.15) is 0 Å². The predicted molar refractivity (Wildman–Crippen MR) is 164 cm³/mol. The van der Waals surface area contributed by atoms with Gasteiger partial charge in [0.15, 0.2) is 5.82 Å². The van der Waals surface area contributed by atoms with E-state index in [1.807, 2.05) is 35.6 Å². The predicted octanol–water partition coefficient (Wildman–Crippen LogP) is 9.55. The summed E-state index contributed by atoms with van der Waals surface area (Å²) in [4.78, 5) is 15.5. The van der Waals surface area contributed by atoms with Crippen LogP contribution in [0.15, 0.2) is 127 Å². The fourth-order valence-corrected chi connectivity index (χ4v) is 6.63. The molecule has 0 N–H and O–H groups in total. The number of benzene rings is 5. The van der Waals surface area contributed by atoms with Crippen LogP contribution in [0.2, 0.25) is 0 Å². The van der Waals surface area contributed by atoms with E-state index in [1.165, 1.54) is 20.2 Å². The first-order valence-electron chi connectivity index (χ1n) is 13.0. The summed E-state index contributed by atoms with van der Waals surface area (Å²) in [6.07, 6.45) is 0. The molecule has 0 aliphatic rings. The van der Waals surface area contributed by atoms with Crippen LogP contribution in [0.3, 0.4) is 0 Å². The van der Waals surface area contributed by atoms with Crippen LogP contribution in [-0.2, 0) is 0 Å². The van der Waals surface area contributed by atoms with Gasteiger partial charge >= 0.3 is 0 Å². The van der Waals surface area contributed by atoms with E-state index in [4.69, 9.17) is 15.0 Å². The molecule has 8 aromatic rings. The molecule has 5 aromatic carbocycles. The topological polar surface area (TPSA) is 38.7 Å². The van der Waals surface area contributed by atoms with Gasteiger partial charge in [0.25, 0.3) is 0 Å². The maximum atomic E-state index is 5.28. The van der Waals surface area contributed by atoms with E-state index in [-0.39, 0.29) is 0 Å². The molecule has 0 radical (unpaired) electrons. The van der Waals surface area contributed by atoms with Gasteiger partial charge in [-0.3, -0.25) is 0 Å². The third-order valence-corrected chi connectivity index (χ3v) is 8.51. The van der Waals surface area contributed by atoms with Crippen molar-refractivity contribution in [2.24, 2.45) is 0 Å². The van der Waals surface area contributed by atoms with E-state index in [0.717, 1.165) is 49.9 Å². The van der Waals surface area contributed by atoms with Crippen molar-refractivity contribution in [1.29, 1.82) is 0 Å². The number of aromatic nitrogens is 3. The Morgan fingerprint density at radius 1 is 0.462 bits per heavy atom. The van der Waals surface area contributed by atoms with Gasteiger partial charge in [-0.05, 0) is 18.2 Å². The molecule has 3 heterocycles. The maximum Gasteiger partial charge on any atom is 0.160 e. The molecule has 0 unspecified atom stereocenters. The van der Waals surface area contributed by atoms with Crippen LogP contribution in [0, 0.1) is 0 Å². The highest BCUT2D eigenvalue weighted by Gasteiger charge is 2.16. The number of nitrogens with zero attached hydrogens (tertiary/aromatic N) is 3. The highest BCUT2D eigenvalue weighted by Crippen LogP contribution is 2.40. The zero-order chi connectivity index (χ0) is 25.8. The highest BCUT2D eigenvalue weighted by molar-refractivity contribution is 7.26. The Morgan fingerprint density at radius 2 is 1.18 bits per heavy atom. The largest absolute Gasteiger partial charge is 0.245 e. The minimum atomic E-state index is 0.702. The van der Waals surface area contributed by atoms with Gasteiger partial charge in [-0.1, -0.05) is 109 Å². The molecular formula is C35H21N3S. The van der Waals surface area contributed by atoms with Crippen LogP contribution in [-0.4, -0.2) is 15.0 Å². The molecule has 3 nitrogen and oxygen atoms in total. The lowest BCUT2D eigenvalue weighted by Gasteiger charge is -2.12. The lowest BCUT2D eigenvalue weighted by Crippen LogP contribution is -1.97. The van der Waals surface area contributed by atoms with Gasteiger partial charge in [0, 0.05) is 47.6 Å². The quantitative estimate of drug-likeness (QED) is 0.220. The Hall–Kier alpha value is -4.93. The van der Waals surface area contributed by atoms with E-state index < -0.39 is 0 Å². The molecule has 4 heteroatoms. The van der Waals surface area contributed by atoms with Crippen LogP contribution in [0.4, 0.5) is 0 Å². The smallest absolute Gasteiger partial charge is 0.160 e. The van der Waals surface area contributed by atoms with Crippen LogP contribution < -0.4 is 0 Å². The zero-order valence-electron chi connectivity index (χ0n) is 20.9. The summed E-state index contributed by atoms with van der Waals surface area (Å²) < 4.78 is 2.55. The van der Waals surface area contributed by atoms with E-state index in [1.54, 1.807) is 0 Å². The Labute approximate surface area is 229 Å². The van der Waals surface area contributed by atoms with Crippen molar-refractivity contribution in [2.75, 3.05) is 0 Å². The third-order valence-electron chi connectivity index (χ3n) is 7.29. The summed E-state index contributed by atoms with van der Waals surface area (Å²) in [5, 5.41) is 4.62. The third kappa shape index (κ3) is 3.61. The van der Waals surface area contributed by atoms with Crippen LogP contribution in [0.5, 0.6) is 0 Å². The fourth-order valence-electron chi connectivity index (χ4n) is 5.41. The van der Waals surface area contributed by atoms with Gasteiger partial charge in [-0.15, -0.1) is 11.3 Å². The van der Waals surface area contributed by atoms with Crippen molar-refractivity contribution in [1.82, 2.24) is 15.0 Å². The zero-order valence-corrected chi connectivity index (χ0v) is 21.7. The Kier molecular flexibility index (Phi) is 5.00. The van der Waals surface area contributed by atoms with Gasteiger partial charge < -0.3 is 0 Å². The van der Waals surface area contributed by atoms with Crippen molar-refractivity contribution in [3.63, 3.8) is 0 Å². The second kappa shape index (κ2) is 8.83. The molecular weight excluding hydrogens is 494 g/mol. The first-order chi connectivity index (χ1) is 19.3. The van der Waals surface area contributed by atoms with E-state index in [9.17, 15) is 0 Å². The summed E-state index contributed by atoms with van der Waals surface area (Å²) >= 11 is 1.83. The molecule has 0 aliphatic carbocycles. The number of thiophene rings is 1. The standard InChI is InChI=1S/C35H21N3S/c1-3-10-22(11-4-1)31-28-20-18-23-19-21-29(27-16-9-15-26-25-14-7-8-17-30(25)39-34(26)27)36-32(23)33(28)38-35(37-31)24-12-5-2-6-13-24/h1-21H. The normalized spacial score (nSPS) is 11.6. The average Bonchev–Trinajstić information content (AvgIpc) is 3.40. The van der Waals surface area contributed by atoms with Crippen molar-refractivity contribution >= 4 is 53.3 Å². The van der Waals surface area contributed by atoms with Crippen LogP contribution in [0.1, 0.15) is 0 Å². The van der Waals surface area contributed by atoms with Gasteiger partial charge in [0.2, 0.25) is 0 Å². The Bertz CT molecular complexity index is 2170. The highest BCUT2D eigenvalue weighted by atomic mass is 32.1. The van der Waals surface area contributed by atoms with E-state index >= 15 is 0 Å². The van der Waals surface area contributed by atoms with Crippen molar-refractivity contribution in [2.45, 2.75) is 0 Å². The monoisotopic (exact) mass is 515 g/mol. The Balaban J connectivity index is 1.43. The Morgan fingerprint density at radius 3 is 2.03 bits per heavy atom. The SMILES string of the molecule is c1ccc(-c2nc(-c3ccccc3)c3ccc4ccc(-c5cccc6c5sc5ccccc56)nc4c3n2)cc1.